The van der Waals surface area contributed by atoms with E-state index in [9.17, 15) is 19.5 Å². The number of carboxylic acid groups (broad SMARTS) is 1. The zero-order chi connectivity index (χ0) is 21.3. The monoisotopic (exact) mass is 391 g/mol. The summed E-state index contributed by atoms with van der Waals surface area (Å²) in [4.78, 5) is 36.3. The molecule has 0 aromatic heterocycles. The van der Waals surface area contributed by atoms with Gasteiger partial charge in [0.1, 0.15) is 12.1 Å². The molecule has 2 amide bonds. The third kappa shape index (κ3) is 8.52. The van der Waals surface area contributed by atoms with Crippen molar-refractivity contribution in [2.24, 2.45) is 17.6 Å². The van der Waals surface area contributed by atoms with E-state index in [-0.39, 0.29) is 18.3 Å². The summed E-state index contributed by atoms with van der Waals surface area (Å²) in [6, 6.07) is 6.85. The Morgan fingerprint density at radius 2 is 1.46 bits per heavy atom. The van der Waals surface area contributed by atoms with Gasteiger partial charge in [0.25, 0.3) is 0 Å². The van der Waals surface area contributed by atoms with Gasteiger partial charge in [0.05, 0.1) is 6.04 Å². The summed E-state index contributed by atoms with van der Waals surface area (Å²) in [6.07, 6.45) is 1.13. The maximum absolute atomic E-state index is 12.9. The molecular formula is C21H33N3O4. The highest BCUT2D eigenvalue weighted by Gasteiger charge is 2.29. The van der Waals surface area contributed by atoms with Crippen molar-refractivity contribution < 1.29 is 19.5 Å². The summed E-state index contributed by atoms with van der Waals surface area (Å²) >= 11 is 0. The van der Waals surface area contributed by atoms with Crippen LogP contribution in [0.5, 0.6) is 0 Å². The second-order valence-electron chi connectivity index (χ2n) is 8.02. The average Bonchev–Trinajstić information content (AvgIpc) is 2.59. The van der Waals surface area contributed by atoms with Crippen molar-refractivity contribution in [3.8, 4) is 0 Å². The number of primary amides is 1. The van der Waals surface area contributed by atoms with Crippen molar-refractivity contribution in [3.05, 3.63) is 35.9 Å². The van der Waals surface area contributed by atoms with Crippen molar-refractivity contribution in [2.75, 3.05) is 0 Å². The summed E-state index contributed by atoms with van der Waals surface area (Å²) in [5.41, 5.74) is 6.36. The van der Waals surface area contributed by atoms with Crippen molar-refractivity contribution in [1.82, 2.24) is 10.6 Å². The molecule has 0 bridgehead atoms. The van der Waals surface area contributed by atoms with Crippen molar-refractivity contribution in [3.63, 3.8) is 0 Å². The Bertz CT molecular complexity index is 646. The standard InChI is InChI=1S/C21H33N3O4/c1-13(2)10-17(23-18(21(27)28)11-14(3)4)20(26)24-16(19(22)25)12-15-8-6-5-7-9-15/h5-9,13-14,16-18,23H,10-12H2,1-4H3,(H2,22,25)(H,24,26)(H,27,28)/t16-,17-,18+/m0/s1. The first kappa shape index (κ1) is 23.6. The molecular weight excluding hydrogens is 358 g/mol. The number of nitrogens with two attached hydrogens (primary N) is 1. The molecule has 5 N–H and O–H groups in total. The molecule has 7 nitrogen and oxygen atoms in total. The van der Waals surface area contributed by atoms with Crippen LogP contribution in [0.2, 0.25) is 0 Å². The van der Waals surface area contributed by atoms with Crippen LogP contribution in [0.4, 0.5) is 0 Å². The number of nitrogens with one attached hydrogen (secondary N) is 2. The lowest BCUT2D eigenvalue weighted by atomic mass is 9.98. The van der Waals surface area contributed by atoms with Crippen LogP contribution in [0.15, 0.2) is 30.3 Å². The van der Waals surface area contributed by atoms with Crippen LogP contribution in [-0.4, -0.2) is 41.0 Å². The molecule has 156 valence electrons. The number of amides is 2. The van der Waals surface area contributed by atoms with Gasteiger partial charge >= 0.3 is 5.97 Å². The average molecular weight is 392 g/mol. The molecule has 0 heterocycles. The molecule has 0 unspecified atom stereocenters. The van der Waals surface area contributed by atoms with Gasteiger partial charge in [-0.2, -0.15) is 0 Å². The van der Waals surface area contributed by atoms with E-state index in [1.807, 2.05) is 58.0 Å². The first-order valence-electron chi connectivity index (χ1n) is 9.72. The number of benzene rings is 1. The number of hydrogen-bond acceptors (Lipinski definition) is 4. The van der Waals surface area contributed by atoms with E-state index in [1.54, 1.807) is 0 Å². The van der Waals surface area contributed by atoms with Gasteiger partial charge in [-0.1, -0.05) is 58.0 Å². The number of aliphatic carboxylic acids is 1. The highest BCUT2D eigenvalue weighted by atomic mass is 16.4. The van der Waals surface area contributed by atoms with Crippen molar-refractivity contribution >= 4 is 17.8 Å². The minimum atomic E-state index is -0.994. The lowest BCUT2D eigenvalue weighted by Crippen LogP contribution is -2.56. The first-order valence-corrected chi connectivity index (χ1v) is 9.72. The van der Waals surface area contributed by atoms with Crippen LogP contribution in [0.3, 0.4) is 0 Å². The molecule has 7 heteroatoms. The predicted molar refractivity (Wildman–Crippen MR) is 109 cm³/mol. The van der Waals surface area contributed by atoms with Gasteiger partial charge in [-0.25, -0.2) is 0 Å². The second kappa shape index (κ2) is 11.4. The fraction of sp³-hybridized carbons (Fsp3) is 0.571. The number of hydrogen-bond donors (Lipinski definition) is 4. The van der Waals surface area contributed by atoms with Crippen LogP contribution in [0.25, 0.3) is 0 Å². The molecule has 0 aliphatic carbocycles. The maximum Gasteiger partial charge on any atom is 0.320 e. The highest BCUT2D eigenvalue weighted by Crippen LogP contribution is 2.11. The number of rotatable bonds is 12. The molecule has 28 heavy (non-hydrogen) atoms. The van der Waals surface area contributed by atoms with Crippen LogP contribution in [0.1, 0.15) is 46.1 Å². The summed E-state index contributed by atoms with van der Waals surface area (Å²) in [6.45, 7) is 7.77. The molecule has 1 aromatic carbocycles. The normalized spacial score (nSPS) is 14.5. The Morgan fingerprint density at radius 3 is 1.93 bits per heavy atom. The summed E-state index contributed by atoms with van der Waals surface area (Å²) in [7, 11) is 0. The van der Waals surface area contributed by atoms with E-state index in [0.717, 1.165) is 5.56 Å². The Hall–Kier alpha value is -2.41. The van der Waals surface area contributed by atoms with Gasteiger partial charge in [0.15, 0.2) is 0 Å². The quantitative estimate of drug-likeness (QED) is 0.432. The number of carbonyl (C=O) groups is 3. The van der Waals surface area contributed by atoms with Gasteiger partial charge in [0.2, 0.25) is 11.8 Å². The molecule has 0 fully saturated rings. The van der Waals surface area contributed by atoms with Gasteiger partial charge < -0.3 is 16.2 Å². The molecule has 1 aromatic rings. The van der Waals surface area contributed by atoms with E-state index < -0.39 is 35.9 Å². The Morgan fingerprint density at radius 1 is 0.929 bits per heavy atom. The smallest absolute Gasteiger partial charge is 0.320 e. The Balaban J connectivity index is 2.91. The van der Waals surface area contributed by atoms with Gasteiger partial charge in [-0.05, 0) is 30.2 Å². The molecule has 1 rings (SSSR count). The van der Waals surface area contributed by atoms with Crippen LogP contribution >= 0.6 is 0 Å². The van der Waals surface area contributed by atoms with E-state index in [4.69, 9.17) is 5.73 Å². The first-order chi connectivity index (χ1) is 13.1. The zero-order valence-corrected chi connectivity index (χ0v) is 17.1. The summed E-state index contributed by atoms with van der Waals surface area (Å²) < 4.78 is 0. The minimum Gasteiger partial charge on any atom is -0.480 e. The topological polar surface area (TPSA) is 122 Å². The molecule has 0 aliphatic heterocycles. The van der Waals surface area contributed by atoms with E-state index in [0.29, 0.717) is 12.8 Å². The summed E-state index contributed by atoms with van der Waals surface area (Å²) in [5, 5.41) is 15.1. The van der Waals surface area contributed by atoms with Gasteiger partial charge in [-0.3, -0.25) is 19.7 Å². The number of carbonyl (C=O) groups excluding carboxylic acids is 2. The SMILES string of the molecule is CC(C)C[C@H](N[C@H](CC(C)C)C(=O)O)C(=O)N[C@@H](Cc1ccccc1)C(N)=O. The van der Waals surface area contributed by atoms with E-state index >= 15 is 0 Å². The van der Waals surface area contributed by atoms with E-state index in [1.165, 1.54) is 0 Å². The molecule has 0 spiro atoms. The largest absolute Gasteiger partial charge is 0.480 e. The predicted octanol–water partition coefficient (Wildman–Crippen LogP) is 1.70. The number of carboxylic acids is 1. The third-order valence-corrected chi connectivity index (χ3v) is 4.37. The lowest BCUT2D eigenvalue weighted by Gasteiger charge is -2.26. The Kier molecular flexibility index (Phi) is 9.65. The maximum atomic E-state index is 12.9. The molecule has 3 atom stereocenters. The lowest BCUT2D eigenvalue weighted by molar-refractivity contribution is -0.140. The molecule has 0 saturated heterocycles. The van der Waals surface area contributed by atoms with E-state index in [2.05, 4.69) is 10.6 Å². The minimum absolute atomic E-state index is 0.160. The van der Waals surface area contributed by atoms with Gasteiger partial charge in [-0.15, -0.1) is 0 Å². The zero-order valence-electron chi connectivity index (χ0n) is 17.1. The van der Waals surface area contributed by atoms with Crippen LogP contribution in [0, 0.1) is 11.8 Å². The van der Waals surface area contributed by atoms with Crippen molar-refractivity contribution in [1.29, 1.82) is 0 Å². The second-order valence-corrected chi connectivity index (χ2v) is 8.02. The highest BCUT2D eigenvalue weighted by molar-refractivity contribution is 5.89. The third-order valence-electron chi connectivity index (χ3n) is 4.37. The van der Waals surface area contributed by atoms with Crippen LogP contribution < -0.4 is 16.4 Å². The fourth-order valence-corrected chi connectivity index (χ4v) is 3.02. The molecule has 0 aliphatic rings. The van der Waals surface area contributed by atoms with Gasteiger partial charge in [0, 0.05) is 6.42 Å². The fourth-order valence-electron chi connectivity index (χ4n) is 3.02. The Labute approximate surface area is 167 Å². The molecule has 0 saturated carbocycles. The summed E-state index contributed by atoms with van der Waals surface area (Å²) in [5.74, 6) is -1.71. The van der Waals surface area contributed by atoms with Crippen LogP contribution in [-0.2, 0) is 20.8 Å². The van der Waals surface area contributed by atoms with Crippen molar-refractivity contribution in [2.45, 2.75) is 65.1 Å². The molecule has 0 radical (unpaired) electrons.